The summed E-state index contributed by atoms with van der Waals surface area (Å²) in [4.78, 5) is 0. The van der Waals surface area contributed by atoms with Gasteiger partial charge in [-0.15, -0.1) is 0 Å². The van der Waals surface area contributed by atoms with Gasteiger partial charge in [0.25, 0.3) is 0 Å². The maximum atomic E-state index is 13.2. The second-order valence-electron chi connectivity index (χ2n) is 6.05. The molecule has 0 spiro atoms. The predicted octanol–water partition coefficient (Wildman–Crippen LogP) is 6.41. The van der Waals surface area contributed by atoms with E-state index in [1.54, 1.807) is 26.4 Å². The van der Waals surface area contributed by atoms with Gasteiger partial charge >= 0.3 is 0 Å². The molecule has 0 saturated carbocycles. The van der Waals surface area contributed by atoms with Crippen molar-refractivity contribution in [3.05, 3.63) is 101 Å². The number of ether oxygens (including phenoxy) is 2. The normalized spacial score (nSPS) is 11.5. The van der Waals surface area contributed by atoms with Gasteiger partial charge in [0.05, 0.1) is 14.2 Å². The SMILES string of the molecule is COc1ccc(C(/C=C(/Br)c2ccc(F)cc2)c2ccc(OC)cc2)cc1. The average Bonchev–Trinajstić information content (AvgIpc) is 2.72. The first-order valence-corrected chi connectivity index (χ1v) is 9.31. The fourth-order valence-corrected chi connectivity index (χ4v) is 3.39. The van der Waals surface area contributed by atoms with Crippen LogP contribution in [-0.4, -0.2) is 14.2 Å². The lowest BCUT2D eigenvalue weighted by atomic mass is 9.90. The molecule has 2 nitrogen and oxygen atoms in total. The van der Waals surface area contributed by atoms with Crippen molar-refractivity contribution in [3.8, 4) is 11.5 Å². The highest BCUT2D eigenvalue weighted by Crippen LogP contribution is 2.33. The number of hydrogen-bond acceptors (Lipinski definition) is 2. The molecule has 0 aliphatic heterocycles. The molecule has 3 aromatic rings. The molecule has 0 aliphatic rings. The summed E-state index contributed by atoms with van der Waals surface area (Å²) in [7, 11) is 3.31. The second kappa shape index (κ2) is 8.87. The van der Waals surface area contributed by atoms with Crippen LogP contribution in [-0.2, 0) is 0 Å². The monoisotopic (exact) mass is 426 g/mol. The van der Waals surface area contributed by atoms with E-state index in [9.17, 15) is 4.39 Å². The smallest absolute Gasteiger partial charge is 0.123 e. The Kier molecular flexibility index (Phi) is 6.30. The third kappa shape index (κ3) is 4.77. The molecule has 138 valence electrons. The Morgan fingerprint density at radius 2 is 1.22 bits per heavy atom. The number of halogens is 2. The molecule has 0 unspecified atom stereocenters. The van der Waals surface area contributed by atoms with Crippen LogP contribution in [0, 0.1) is 5.82 Å². The van der Waals surface area contributed by atoms with Gasteiger partial charge in [0.15, 0.2) is 0 Å². The Morgan fingerprint density at radius 3 is 1.63 bits per heavy atom. The molecule has 3 aromatic carbocycles. The van der Waals surface area contributed by atoms with E-state index in [4.69, 9.17) is 9.47 Å². The van der Waals surface area contributed by atoms with Gasteiger partial charge in [-0.05, 0) is 53.1 Å². The topological polar surface area (TPSA) is 18.5 Å². The largest absolute Gasteiger partial charge is 0.497 e. The van der Waals surface area contributed by atoms with E-state index < -0.39 is 0 Å². The summed E-state index contributed by atoms with van der Waals surface area (Å²) in [5, 5.41) is 0. The van der Waals surface area contributed by atoms with Crippen molar-refractivity contribution in [1.29, 1.82) is 0 Å². The maximum absolute atomic E-state index is 13.2. The first kappa shape index (κ1) is 19.2. The van der Waals surface area contributed by atoms with E-state index in [0.717, 1.165) is 32.7 Å². The Morgan fingerprint density at radius 1 is 0.778 bits per heavy atom. The summed E-state index contributed by atoms with van der Waals surface area (Å²) in [6.45, 7) is 0. The number of rotatable bonds is 6. The van der Waals surface area contributed by atoms with Crippen molar-refractivity contribution in [3.63, 3.8) is 0 Å². The zero-order valence-electron chi connectivity index (χ0n) is 15.2. The molecular weight excluding hydrogens is 407 g/mol. The molecule has 4 heteroatoms. The molecule has 0 amide bonds. The maximum Gasteiger partial charge on any atom is 0.123 e. The lowest BCUT2D eigenvalue weighted by Crippen LogP contribution is -1.99. The summed E-state index contributed by atoms with van der Waals surface area (Å²) in [5.41, 5.74) is 3.17. The van der Waals surface area contributed by atoms with Crippen LogP contribution in [0.4, 0.5) is 4.39 Å². The van der Waals surface area contributed by atoms with Gasteiger partial charge in [-0.25, -0.2) is 4.39 Å². The van der Waals surface area contributed by atoms with Gasteiger partial charge < -0.3 is 9.47 Å². The molecular formula is C23H20BrFO2. The van der Waals surface area contributed by atoms with Crippen LogP contribution in [0.25, 0.3) is 4.48 Å². The molecule has 0 heterocycles. The van der Waals surface area contributed by atoms with Crippen molar-refractivity contribution in [1.82, 2.24) is 0 Å². The van der Waals surface area contributed by atoms with Gasteiger partial charge in [-0.3, -0.25) is 0 Å². The Labute approximate surface area is 167 Å². The third-order valence-corrected chi connectivity index (χ3v) is 5.10. The van der Waals surface area contributed by atoms with E-state index >= 15 is 0 Å². The first-order valence-electron chi connectivity index (χ1n) is 8.52. The van der Waals surface area contributed by atoms with Gasteiger partial charge in [-0.2, -0.15) is 0 Å². The molecule has 0 aromatic heterocycles. The van der Waals surface area contributed by atoms with E-state index in [-0.39, 0.29) is 11.7 Å². The summed E-state index contributed by atoms with van der Waals surface area (Å²) < 4.78 is 24.7. The quantitative estimate of drug-likeness (QED) is 0.453. The molecule has 0 fully saturated rings. The summed E-state index contributed by atoms with van der Waals surface area (Å²) in [6, 6.07) is 22.4. The number of hydrogen-bond donors (Lipinski definition) is 0. The van der Waals surface area contributed by atoms with E-state index in [0.29, 0.717) is 0 Å². The van der Waals surface area contributed by atoms with E-state index in [1.165, 1.54) is 12.1 Å². The van der Waals surface area contributed by atoms with Crippen molar-refractivity contribution >= 4 is 20.4 Å². The number of methoxy groups -OCH3 is 2. The lowest BCUT2D eigenvalue weighted by molar-refractivity contribution is 0.414. The van der Waals surface area contributed by atoms with Crippen LogP contribution in [0.3, 0.4) is 0 Å². The molecule has 0 saturated heterocycles. The minimum absolute atomic E-state index is 0.0150. The Hall–Kier alpha value is -2.59. The van der Waals surface area contributed by atoms with E-state index in [2.05, 4.69) is 46.3 Å². The summed E-state index contributed by atoms with van der Waals surface area (Å²) >= 11 is 3.65. The minimum atomic E-state index is -0.249. The molecule has 0 atom stereocenters. The fourth-order valence-electron chi connectivity index (χ4n) is 2.86. The molecule has 0 N–H and O–H groups in total. The first-order chi connectivity index (χ1) is 13.1. The number of allylic oxidation sites excluding steroid dienone is 1. The van der Waals surface area contributed by atoms with Crippen LogP contribution >= 0.6 is 15.9 Å². The van der Waals surface area contributed by atoms with Crippen LogP contribution < -0.4 is 9.47 Å². The summed E-state index contributed by atoms with van der Waals surface area (Å²) in [5.74, 6) is 1.39. The number of benzene rings is 3. The van der Waals surface area contributed by atoms with Gasteiger partial charge in [0.2, 0.25) is 0 Å². The average molecular weight is 427 g/mol. The molecule has 27 heavy (non-hydrogen) atoms. The third-order valence-electron chi connectivity index (χ3n) is 4.38. The Balaban J connectivity index is 2.02. The van der Waals surface area contributed by atoms with Crippen LogP contribution in [0.5, 0.6) is 11.5 Å². The highest BCUT2D eigenvalue weighted by molar-refractivity contribution is 9.15. The standard InChI is InChI=1S/C23H20BrFO2/c1-26-20-11-5-16(6-12-20)22(17-7-13-21(27-2)14-8-17)15-23(24)18-3-9-19(25)10-4-18/h3-15,22H,1-2H3/b23-15+. The summed E-state index contributed by atoms with van der Waals surface area (Å²) in [6.07, 6.45) is 2.12. The predicted molar refractivity (Wildman–Crippen MR) is 111 cm³/mol. The molecule has 3 rings (SSSR count). The lowest BCUT2D eigenvalue weighted by Gasteiger charge is -2.16. The van der Waals surface area contributed by atoms with Crippen molar-refractivity contribution in [2.45, 2.75) is 5.92 Å². The fraction of sp³-hybridized carbons (Fsp3) is 0.130. The zero-order chi connectivity index (χ0) is 19.2. The van der Waals surface area contributed by atoms with Gasteiger partial charge in [-0.1, -0.05) is 58.4 Å². The van der Waals surface area contributed by atoms with Crippen LogP contribution in [0.1, 0.15) is 22.6 Å². The highest BCUT2D eigenvalue weighted by Gasteiger charge is 2.14. The van der Waals surface area contributed by atoms with Crippen LogP contribution in [0.2, 0.25) is 0 Å². The van der Waals surface area contributed by atoms with E-state index in [1.807, 2.05) is 24.3 Å². The molecule has 0 aliphatic carbocycles. The van der Waals surface area contributed by atoms with Gasteiger partial charge in [0.1, 0.15) is 17.3 Å². The van der Waals surface area contributed by atoms with Crippen LogP contribution in [0.15, 0.2) is 78.9 Å². The van der Waals surface area contributed by atoms with Crippen molar-refractivity contribution < 1.29 is 13.9 Å². The highest BCUT2D eigenvalue weighted by atomic mass is 79.9. The van der Waals surface area contributed by atoms with Crippen molar-refractivity contribution in [2.24, 2.45) is 0 Å². The zero-order valence-corrected chi connectivity index (χ0v) is 16.7. The van der Waals surface area contributed by atoms with Crippen molar-refractivity contribution in [2.75, 3.05) is 14.2 Å². The second-order valence-corrected chi connectivity index (χ2v) is 6.90. The Bertz CT molecular complexity index is 853. The van der Waals surface area contributed by atoms with Gasteiger partial charge in [0, 0.05) is 10.4 Å². The minimum Gasteiger partial charge on any atom is -0.497 e. The molecule has 0 bridgehead atoms. The molecule has 0 radical (unpaired) electrons.